The molecule has 3 rings (SSSR count). The molecule has 0 unspecified atom stereocenters. The van der Waals surface area contributed by atoms with Gasteiger partial charge in [-0.25, -0.2) is 5.10 Å². The second kappa shape index (κ2) is 6.44. The minimum absolute atomic E-state index is 0.445. The van der Waals surface area contributed by atoms with Gasteiger partial charge in [-0.3, -0.25) is 4.98 Å². The number of aromatic nitrogens is 4. The molecule has 0 amide bonds. The number of aryl methyl sites for hydroxylation is 1. The molecule has 0 radical (unpaired) electrons. The van der Waals surface area contributed by atoms with Crippen molar-refractivity contribution in [1.82, 2.24) is 19.9 Å². The van der Waals surface area contributed by atoms with Crippen molar-refractivity contribution in [3.8, 4) is 11.4 Å². The van der Waals surface area contributed by atoms with E-state index in [9.17, 15) is 0 Å². The number of nitrogens with one attached hydrogen (secondary N) is 1. The first-order chi connectivity index (χ1) is 10.8. The lowest BCUT2D eigenvalue weighted by atomic mass is 10.1. The van der Waals surface area contributed by atoms with E-state index in [0.717, 1.165) is 17.5 Å². The summed E-state index contributed by atoms with van der Waals surface area (Å²) in [7, 11) is 0. The summed E-state index contributed by atoms with van der Waals surface area (Å²) in [5.74, 6) is 0.638. The third-order valence-corrected chi connectivity index (χ3v) is 3.54. The molecule has 6 heteroatoms. The van der Waals surface area contributed by atoms with E-state index in [1.165, 1.54) is 5.56 Å². The van der Waals surface area contributed by atoms with Crippen LogP contribution in [0.1, 0.15) is 18.1 Å². The highest BCUT2D eigenvalue weighted by molar-refractivity contribution is 7.71. The SMILES string of the molecule is CCc1ccc(C=Nn2c(-c3cccnc3)n[nH]c2=S)cc1. The first-order valence-corrected chi connectivity index (χ1v) is 7.40. The summed E-state index contributed by atoms with van der Waals surface area (Å²) >= 11 is 5.24. The Hall–Kier alpha value is -2.60. The fraction of sp³-hybridized carbons (Fsp3) is 0.125. The highest BCUT2D eigenvalue weighted by Crippen LogP contribution is 2.15. The zero-order chi connectivity index (χ0) is 15.4. The summed E-state index contributed by atoms with van der Waals surface area (Å²) < 4.78 is 2.04. The molecule has 3 aromatic rings. The van der Waals surface area contributed by atoms with Crippen LogP contribution in [-0.4, -0.2) is 26.1 Å². The van der Waals surface area contributed by atoms with Crippen LogP contribution in [0.15, 0.2) is 53.9 Å². The number of hydrogen-bond donors (Lipinski definition) is 1. The Labute approximate surface area is 133 Å². The molecule has 0 saturated heterocycles. The Morgan fingerprint density at radius 3 is 2.77 bits per heavy atom. The van der Waals surface area contributed by atoms with Crippen molar-refractivity contribution in [2.75, 3.05) is 0 Å². The summed E-state index contributed by atoms with van der Waals surface area (Å²) in [6.07, 6.45) is 6.24. The molecule has 0 aliphatic rings. The number of aromatic amines is 1. The van der Waals surface area contributed by atoms with Crippen LogP contribution >= 0.6 is 12.2 Å². The maximum atomic E-state index is 5.24. The van der Waals surface area contributed by atoms with Crippen molar-refractivity contribution in [2.24, 2.45) is 5.10 Å². The predicted octanol–water partition coefficient (Wildman–Crippen LogP) is 3.45. The molecule has 2 heterocycles. The minimum Gasteiger partial charge on any atom is -0.264 e. The highest BCUT2D eigenvalue weighted by atomic mass is 32.1. The maximum absolute atomic E-state index is 5.24. The monoisotopic (exact) mass is 309 g/mol. The Kier molecular flexibility index (Phi) is 4.20. The standard InChI is InChI=1S/C16H15N5S/c1-2-12-5-7-13(8-6-12)10-18-21-15(19-20-16(21)22)14-4-3-9-17-11-14/h3-11H,2H2,1H3,(H,20,22). The van der Waals surface area contributed by atoms with Gasteiger partial charge in [0.2, 0.25) is 4.77 Å². The molecule has 0 atom stereocenters. The van der Waals surface area contributed by atoms with Gasteiger partial charge in [0.1, 0.15) is 0 Å². The second-order valence-corrected chi connectivity index (χ2v) is 5.13. The molecule has 2 aromatic heterocycles. The van der Waals surface area contributed by atoms with E-state index in [1.807, 2.05) is 24.3 Å². The van der Waals surface area contributed by atoms with Gasteiger partial charge in [-0.2, -0.15) is 14.9 Å². The maximum Gasteiger partial charge on any atom is 0.216 e. The van der Waals surface area contributed by atoms with Gasteiger partial charge in [0, 0.05) is 18.0 Å². The number of H-pyrrole nitrogens is 1. The number of nitrogens with zero attached hydrogens (tertiary/aromatic N) is 4. The molecule has 0 bridgehead atoms. The second-order valence-electron chi connectivity index (χ2n) is 4.75. The smallest absolute Gasteiger partial charge is 0.216 e. The molecule has 0 aliphatic heterocycles. The van der Waals surface area contributed by atoms with Gasteiger partial charge in [-0.1, -0.05) is 31.2 Å². The number of benzene rings is 1. The average Bonchev–Trinajstić information content (AvgIpc) is 2.95. The number of pyridine rings is 1. The number of rotatable bonds is 4. The molecule has 0 aliphatic carbocycles. The first kappa shape index (κ1) is 14.3. The van der Waals surface area contributed by atoms with E-state index in [1.54, 1.807) is 23.3 Å². The topological polar surface area (TPSA) is 58.9 Å². The third kappa shape index (κ3) is 3.01. The fourth-order valence-electron chi connectivity index (χ4n) is 2.04. The first-order valence-electron chi connectivity index (χ1n) is 6.99. The van der Waals surface area contributed by atoms with E-state index in [0.29, 0.717) is 10.6 Å². The van der Waals surface area contributed by atoms with Crippen LogP contribution in [-0.2, 0) is 6.42 Å². The molecular weight excluding hydrogens is 294 g/mol. The summed E-state index contributed by atoms with van der Waals surface area (Å²) in [4.78, 5) is 4.10. The van der Waals surface area contributed by atoms with Crippen LogP contribution < -0.4 is 0 Å². The van der Waals surface area contributed by atoms with Gasteiger partial charge in [0.15, 0.2) is 5.82 Å². The van der Waals surface area contributed by atoms with Gasteiger partial charge in [-0.05, 0) is 41.9 Å². The van der Waals surface area contributed by atoms with Gasteiger partial charge in [-0.15, -0.1) is 0 Å². The molecule has 22 heavy (non-hydrogen) atoms. The molecule has 0 fully saturated rings. The van der Waals surface area contributed by atoms with Gasteiger partial charge < -0.3 is 0 Å². The van der Waals surface area contributed by atoms with Crippen molar-refractivity contribution in [2.45, 2.75) is 13.3 Å². The van der Waals surface area contributed by atoms with E-state index >= 15 is 0 Å². The Bertz CT molecular complexity index is 831. The van der Waals surface area contributed by atoms with Crippen molar-refractivity contribution >= 4 is 18.4 Å². The molecule has 110 valence electrons. The Morgan fingerprint density at radius 1 is 1.27 bits per heavy atom. The summed E-state index contributed by atoms with van der Waals surface area (Å²) in [5.41, 5.74) is 3.17. The van der Waals surface area contributed by atoms with Gasteiger partial charge >= 0.3 is 0 Å². The Balaban J connectivity index is 1.93. The zero-order valence-corrected chi connectivity index (χ0v) is 12.9. The van der Waals surface area contributed by atoms with E-state index in [2.05, 4.69) is 39.3 Å². The quantitative estimate of drug-likeness (QED) is 0.593. The Morgan fingerprint density at radius 2 is 2.09 bits per heavy atom. The van der Waals surface area contributed by atoms with Crippen LogP contribution in [0.3, 0.4) is 0 Å². The fourth-order valence-corrected chi connectivity index (χ4v) is 2.22. The van der Waals surface area contributed by atoms with Crippen LogP contribution in [0.5, 0.6) is 0 Å². The van der Waals surface area contributed by atoms with Crippen LogP contribution in [0.25, 0.3) is 11.4 Å². The van der Waals surface area contributed by atoms with Crippen molar-refractivity contribution in [3.63, 3.8) is 0 Å². The van der Waals surface area contributed by atoms with E-state index in [4.69, 9.17) is 12.2 Å². The lowest BCUT2D eigenvalue weighted by Crippen LogP contribution is -1.95. The third-order valence-electron chi connectivity index (χ3n) is 3.28. The zero-order valence-electron chi connectivity index (χ0n) is 12.1. The van der Waals surface area contributed by atoms with Crippen LogP contribution in [0.4, 0.5) is 0 Å². The van der Waals surface area contributed by atoms with E-state index < -0.39 is 0 Å². The molecule has 5 nitrogen and oxygen atoms in total. The van der Waals surface area contributed by atoms with E-state index in [-0.39, 0.29) is 0 Å². The summed E-state index contributed by atoms with van der Waals surface area (Å²) in [6.45, 7) is 2.13. The lowest BCUT2D eigenvalue weighted by molar-refractivity contribution is 0.871. The van der Waals surface area contributed by atoms with Gasteiger partial charge in [0.25, 0.3) is 0 Å². The van der Waals surface area contributed by atoms with Crippen LogP contribution in [0, 0.1) is 4.77 Å². The largest absolute Gasteiger partial charge is 0.264 e. The number of hydrogen-bond acceptors (Lipinski definition) is 4. The molecular formula is C16H15N5S. The normalized spacial score (nSPS) is 11.1. The van der Waals surface area contributed by atoms with Crippen LogP contribution in [0.2, 0.25) is 0 Å². The van der Waals surface area contributed by atoms with Gasteiger partial charge in [0.05, 0.1) is 6.21 Å². The molecule has 1 N–H and O–H groups in total. The lowest BCUT2D eigenvalue weighted by Gasteiger charge is -2.00. The predicted molar refractivity (Wildman–Crippen MR) is 89.5 cm³/mol. The van der Waals surface area contributed by atoms with Crippen molar-refractivity contribution in [1.29, 1.82) is 0 Å². The van der Waals surface area contributed by atoms with Crippen molar-refractivity contribution in [3.05, 3.63) is 64.7 Å². The molecule has 0 saturated carbocycles. The molecule has 0 spiro atoms. The minimum atomic E-state index is 0.445. The molecule has 1 aromatic carbocycles. The summed E-state index contributed by atoms with van der Waals surface area (Å²) in [5, 5.41) is 11.4. The average molecular weight is 309 g/mol. The highest BCUT2D eigenvalue weighted by Gasteiger charge is 2.07. The van der Waals surface area contributed by atoms with Crippen molar-refractivity contribution < 1.29 is 0 Å². The summed E-state index contributed by atoms with van der Waals surface area (Å²) in [6, 6.07) is 12.0.